The highest BCUT2D eigenvalue weighted by atomic mass is 16.2. The molecule has 2 unspecified atom stereocenters. The van der Waals surface area contributed by atoms with Gasteiger partial charge in [0.15, 0.2) is 0 Å². The summed E-state index contributed by atoms with van der Waals surface area (Å²) in [5, 5.41) is 6.23. The summed E-state index contributed by atoms with van der Waals surface area (Å²) in [5.41, 5.74) is 5.37. The van der Waals surface area contributed by atoms with Crippen molar-refractivity contribution in [2.75, 3.05) is 12.3 Å². The molecule has 2 heterocycles. The van der Waals surface area contributed by atoms with E-state index >= 15 is 0 Å². The number of rotatable bonds is 1. The third-order valence-corrected chi connectivity index (χ3v) is 3.38. The van der Waals surface area contributed by atoms with Crippen LogP contribution in [0.5, 0.6) is 0 Å². The fourth-order valence-electron chi connectivity index (χ4n) is 2.68. The Morgan fingerprint density at radius 3 is 2.93 bits per heavy atom. The number of aromatic nitrogens is 3. The van der Waals surface area contributed by atoms with Crippen molar-refractivity contribution >= 4 is 11.9 Å². The zero-order valence-corrected chi connectivity index (χ0v) is 8.31. The smallest absolute Gasteiger partial charge is 0.291 e. The average Bonchev–Trinajstić information content (AvgIpc) is 2.90. The van der Waals surface area contributed by atoms with Gasteiger partial charge in [-0.05, 0) is 25.2 Å². The van der Waals surface area contributed by atoms with Gasteiger partial charge in [0.1, 0.15) is 0 Å². The van der Waals surface area contributed by atoms with E-state index in [1.807, 2.05) is 4.90 Å². The van der Waals surface area contributed by atoms with Gasteiger partial charge in [0.05, 0.1) is 0 Å². The Morgan fingerprint density at radius 2 is 2.40 bits per heavy atom. The van der Waals surface area contributed by atoms with Gasteiger partial charge in [0.2, 0.25) is 11.8 Å². The Balaban J connectivity index is 1.81. The number of hydrogen-bond acceptors (Lipinski definition) is 4. The van der Waals surface area contributed by atoms with Crippen molar-refractivity contribution in [2.24, 2.45) is 5.92 Å². The van der Waals surface area contributed by atoms with Gasteiger partial charge in [-0.25, -0.2) is 0 Å². The molecule has 0 spiro atoms. The zero-order chi connectivity index (χ0) is 10.4. The number of nitrogens with zero attached hydrogens (tertiary/aromatic N) is 3. The molecule has 2 aliphatic rings. The number of anilines is 1. The third-order valence-electron chi connectivity index (χ3n) is 3.38. The Hall–Kier alpha value is -1.59. The summed E-state index contributed by atoms with van der Waals surface area (Å²) in [4.78, 5) is 17.7. The minimum atomic E-state index is -0.0635. The van der Waals surface area contributed by atoms with E-state index in [1.54, 1.807) is 0 Å². The molecule has 2 bridgehead atoms. The second-order valence-corrected chi connectivity index (χ2v) is 4.33. The largest absolute Gasteiger partial charge is 0.366 e. The van der Waals surface area contributed by atoms with Crippen molar-refractivity contribution in [3.05, 3.63) is 5.82 Å². The molecule has 1 amide bonds. The summed E-state index contributed by atoms with van der Waals surface area (Å²) in [5.74, 6) is 1.02. The van der Waals surface area contributed by atoms with Gasteiger partial charge in [0.25, 0.3) is 5.91 Å². The molecule has 3 rings (SSSR count). The SMILES string of the molecule is Nc1n[nH]c(C(=O)N2CC3CCC2C3)n1. The quantitative estimate of drug-likeness (QED) is 0.679. The molecule has 1 saturated carbocycles. The van der Waals surface area contributed by atoms with Crippen molar-refractivity contribution in [1.29, 1.82) is 0 Å². The fourth-order valence-corrected chi connectivity index (χ4v) is 2.68. The molecule has 2 atom stereocenters. The molecule has 0 radical (unpaired) electrons. The Kier molecular flexibility index (Phi) is 1.71. The van der Waals surface area contributed by atoms with E-state index in [-0.39, 0.29) is 17.7 Å². The van der Waals surface area contributed by atoms with Gasteiger partial charge in [-0.3, -0.25) is 9.89 Å². The maximum Gasteiger partial charge on any atom is 0.291 e. The molecule has 15 heavy (non-hydrogen) atoms. The van der Waals surface area contributed by atoms with Gasteiger partial charge >= 0.3 is 0 Å². The number of fused-ring (bicyclic) bond motifs is 2. The standard InChI is InChI=1S/C9H13N5O/c10-9-11-7(12-13-9)8(15)14-4-5-1-2-6(14)3-5/h5-6H,1-4H2,(H3,10,11,12,13). The van der Waals surface area contributed by atoms with Gasteiger partial charge in [0, 0.05) is 12.6 Å². The number of carbonyl (C=O) groups excluding carboxylic acids is 1. The second kappa shape index (κ2) is 2.95. The summed E-state index contributed by atoms with van der Waals surface area (Å²) in [6, 6.07) is 0.411. The predicted octanol–water partition coefficient (Wildman–Crippen LogP) is 0.0114. The van der Waals surface area contributed by atoms with Gasteiger partial charge in [-0.15, -0.1) is 5.10 Å². The number of aromatic amines is 1. The van der Waals surface area contributed by atoms with E-state index in [0.717, 1.165) is 19.4 Å². The maximum atomic E-state index is 12.0. The highest BCUT2D eigenvalue weighted by Crippen LogP contribution is 2.37. The number of nitrogen functional groups attached to an aromatic ring is 1. The van der Waals surface area contributed by atoms with Gasteiger partial charge in [-0.1, -0.05) is 0 Å². The van der Waals surface area contributed by atoms with Crippen LogP contribution in [0.4, 0.5) is 5.95 Å². The van der Waals surface area contributed by atoms with Crippen LogP contribution < -0.4 is 5.73 Å². The fraction of sp³-hybridized carbons (Fsp3) is 0.667. The van der Waals surface area contributed by atoms with Crippen LogP contribution in [0, 0.1) is 5.92 Å². The van der Waals surface area contributed by atoms with E-state index in [1.165, 1.54) is 6.42 Å². The maximum absolute atomic E-state index is 12.0. The van der Waals surface area contributed by atoms with Crippen LogP contribution in [0.1, 0.15) is 29.9 Å². The predicted molar refractivity (Wildman–Crippen MR) is 53.0 cm³/mol. The first-order valence-electron chi connectivity index (χ1n) is 5.23. The average molecular weight is 207 g/mol. The molecule has 1 aromatic rings. The number of likely N-dealkylation sites (tertiary alicyclic amines) is 1. The number of nitrogens with two attached hydrogens (primary N) is 1. The molecular formula is C9H13N5O. The molecule has 1 aliphatic heterocycles. The molecule has 3 N–H and O–H groups in total. The minimum absolute atomic E-state index is 0.0635. The normalized spacial score (nSPS) is 28.7. The van der Waals surface area contributed by atoms with E-state index in [9.17, 15) is 4.79 Å². The lowest BCUT2D eigenvalue weighted by atomic mass is 10.1. The summed E-state index contributed by atoms with van der Waals surface area (Å²) in [6.45, 7) is 0.865. The van der Waals surface area contributed by atoms with Crippen molar-refractivity contribution in [3.8, 4) is 0 Å². The molecular weight excluding hydrogens is 194 g/mol. The summed E-state index contributed by atoms with van der Waals surface area (Å²) in [7, 11) is 0. The van der Waals surface area contributed by atoms with Crippen molar-refractivity contribution in [2.45, 2.75) is 25.3 Å². The minimum Gasteiger partial charge on any atom is -0.366 e. The van der Waals surface area contributed by atoms with Gasteiger partial charge in [-0.2, -0.15) is 4.98 Å². The molecule has 2 fully saturated rings. The van der Waals surface area contributed by atoms with E-state index in [2.05, 4.69) is 15.2 Å². The number of piperidine rings is 1. The second-order valence-electron chi connectivity index (χ2n) is 4.33. The molecule has 1 saturated heterocycles. The highest BCUT2D eigenvalue weighted by molar-refractivity contribution is 5.91. The Bertz CT molecular complexity index is 401. The third kappa shape index (κ3) is 1.28. The summed E-state index contributed by atoms with van der Waals surface area (Å²) in [6.07, 6.45) is 3.53. The van der Waals surface area contributed by atoms with E-state index in [4.69, 9.17) is 5.73 Å². The lowest BCUT2D eigenvalue weighted by Crippen LogP contribution is -2.38. The molecule has 6 heteroatoms. The van der Waals surface area contributed by atoms with Crippen LogP contribution in [-0.2, 0) is 0 Å². The first kappa shape index (κ1) is 8.70. The molecule has 0 aromatic carbocycles. The lowest BCUT2D eigenvalue weighted by Gasteiger charge is -2.25. The van der Waals surface area contributed by atoms with E-state index in [0.29, 0.717) is 12.0 Å². The zero-order valence-electron chi connectivity index (χ0n) is 8.31. The number of hydrogen-bond donors (Lipinski definition) is 2. The lowest BCUT2D eigenvalue weighted by molar-refractivity contribution is 0.0691. The first-order chi connectivity index (χ1) is 7.24. The number of carbonyl (C=O) groups is 1. The molecule has 6 nitrogen and oxygen atoms in total. The number of amides is 1. The van der Waals surface area contributed by atoms with Gasteiger partial charge < -0.3 is 10.6 Å². The topological polar surface area (TPSA) is 87.9 Å². The van der Waals surface area contributed by atoms with Crippen molar-refractivity contribution in [3.63, 3.8) is 0 Å². The summed E-state index contributed by atoms with van der Waals surface area (Å²) >= 11 is 0. The first-order valence-corrected chi connectivity index (χ1v) is 5.23. The number of H-pyrrole nitrogens is 1. The van der Waals surface area contributed by atoms with Crippen LogP contribution in [0.3, 0.4) is 0 Å². The molecule has 80 valence electrons. The summed E-state index contributed by atoms with van der Waals surface area (Å²) < 4.78 is 0. The Morgan fingerprint density at radius 1 is 1.53 bits per heavy atom. The van der Waals surface area contributed by atoms with Crippen LogP contribution in [-0.4, -0.2) is 38.6 Å². The van der Waals surface area contributed by atoms with Crippen LogP contribution in [0.15, 0.2) is 0 Å². The monoisotopic (exact) mass is 207 g/mol. The van der Waals surface area contributed by atoms with Crippen molar-refractivity contribution in [1.82, 2.24) is 20.1 Å². The highest BCUT2D eigenvalue weighted by Gasteiger charge is 2.41. The van der Waals surface area contributed by atoms with Crippen LogP contribution in [0.2, 0.25) is 0 Å². The molecule has 1 aromatic heterocycles. The van der Waals surface area contributed by atoms with Crippen LogP contribution in [0.25, 0.3) is 0 Å². The number of nitrogens with one attached hydrogen (secondary N) is 1. The van der Waals surface area contributed by atoms with Crippen molar-refractivity contribution < 1.29 is 4.79 Å². The molecule has 1 aliphatic carbocycles. The Labute approximate surface area is 86.9 Å². The van der Waals surface area contributed by atoms with Crippen LogP contribution >= 0.6 is 0 Å². The van der Waals surface area contributed by atoms with E-state index < -0.39 is 0 Å².